The Balaban J connectivity index is 1.13. The van der Waals surface area contributed by atoms with E-state index in [0.717, 1.165) is 39.1 Å². The molecule has 0 bridgehead atoms. The summed E-state index contributed by atoms with van der Waals surface area (Å²) in [5.74, 6) is 1.87. The molecule has 0 saturated heterocycles. The molecule has 11 aromatic carbocycles. The molecule has 0 atom stereocenters. The lowest BCUT2D eigenvalue weighted by Gasteiger charge is -2.35. The predicted molar refractivity (Wildman–Crippen MR) is 349 cm³/mol. The molecule has 394 valence electrons. The molecule has 0 amide bonds. The minimum absolute atomic E-state index is 0.141. The number of aromatic nitrogens is 5. The summed E-state index contributed by atoms with van der Waals surface area (Å²) < 4.78 is 5.27. The van der Waals surface area contributed by atoms with Crippen LogP contribution in [0.25, 0.3) is 134 Å². The van der Waals surface area contributed by atoms with Crippen LogP contribution < -0.4 is 16.4 Å². The van der Waals surface area contributed by atoms with Gasteiger partial charge in [0.05, 0.1) is 11.0 Å². The normalized spacial score (nSPS) is 12.7. The molecule has 3 aromatic heterocycles. The number of rotatable bonds is 7. The van der Waals surface area contributed by atoms with E-state index < -0.39 is 0 Å². The van der Waals surface area contributed by atoms with Gasteiger partial charge in [0, 0.05) is 60.6 Å². The molecule has 0 fully saturated rings. The summed E-state index contributed by atoms with van der Waals surface area (Å²) in [7, 11) is 0. The van der Waals surface area contributed by atoms with Crippen molar-refractivity contribution in [1.29, 1.82) is 0 Å². The van der Waals surface area contributed by atoms with Gasteiger partial charge in [-0.25, -0.2) is 15.0 Å². The molecule has 0 radical (unpaired) electrons. The van der Waals surface area contributed by atoms with Crippen molar-refractivity contribution in [3.05, 3.63) is 254 Å². The van der Waals surface area contributed by atoms with Crippen LogP contribution in [0.5, 0.6) is 0 Å². The lowest BCUT2D eigenvalue weighted by atomic mass is 9.34. The van der Waals surface area contributed by atoms with Crippen molar-refractivity contribution in [1.82, 2.24) is 24.1 Å². The van der Waals surface area contributed by atoms with E-state index in [1.165, 1.54) is 105 Å². The third kappa shape index (κ3) is 7.73. The summed E-state index contributed by atoms with van der Waals surface area (Å²) in [6.07, 6.45) is 0. The van der Waals surface area contributed by atoms with Gasteiger partial charge < -0.3 is 9.13 Å². The van der Waals surface area contributed by atoms with E-state index in [9.17, 15) is 0 Å². The molecule has 0 aliphatic carbocycles. The molecule has 2 aliphatic rings. The maximum absolute atomic E-state index is 5.50. The molecule has 0 saturated carbocycles. The number of hydrogen-bond acceptors (Lipinski definition) is 3. The lowest BCUT2D eigenvalue weighted by Crippen LogP contribution is -2.59. The van der Waals surface area contributed by atoms with Crippen molar-refractivity contribution in [2.75, 3.05) is 0 Å². The van der Waals surface area contributed by atoms with E-state index in [-0.39, 0.29) is 17.5 Å². The van der Waals surface area contributed by atoms with Crippen LogP contribution in [0.4, 0.5) is 0 Å². The summed E-state index contributed by atoms with van der Waals surface area (Å²) in [6.45, 7) is 14.1. The van der Waals surface area contributed by atoms with E-state index >= 15 is 0 Å². The SMILES string of the molecule is CC(C)(C)c1cc2c3c(c1)c1c(-c4ccccc4)cc(-c4ccccc4)cc1n3-c1cc(-c3nc(-c4ccccc4)nc(-c4ccccc4)n3)cc3c1B2c1cc(C(C)(C)C)cc2c4c(-c5ccccc5)cc(-c5ccccc5)cc4n-3c12. The van der Waals surface area contributed by atoms with E-state index in [4.69, 9.17) is 15.0 Å². The zero-order valence-corrected chi connectivity index (χ0v) is 47.4. The highest BCUT2D eigenvalue weighted by atomic mass is 15.1. The van der Waals surface area contributed by atoms with Gasteiger partial charge in [-0.05, 0) is 131 Å². The van der Waals surface area contributed by atoms with Gasteiger partial charge in [0.25, 0.3) is 6.71 Å². The second-order valence-electron chi connectivity index (χ2n) is 24.8. The fourth-order valence-corrected chi connectivity index (χ4v) is 13.5. The van der Waals surface area contributed by atoms with Crippen LogP contribution in [0.15, 0.2) is 243 Å². The molecule has 5 nitrogen and oxygen atoms in total. The van der Waals surface area contributed by atoms with Crippen LogP contribution in [0, 0.1) is 0 Å². The molecule has 6 heteroatoms. The monoisotopic (exact) mass is 1060 g/mol. The van der Waals surface area contributed by atoms with Gasteiger partial charge in [0.2, 0.25) is 0 Å². The van der Waals surface area contributed by atoms with Gasteiger partial charge in [-0.3, -0.25) is 0 Å². The summed E-state index contributed by atoms with van der Waals surface area (Å²) >= 11 is 0. The van der Waals surface area contributed by atoms with Crippen molar-refractivity contribution in [2.24, 2.45) is 0 Å². The van der Waals surface area contributed by atoms with Gasteiger partial charge in [-0.2, -0.15) is 0 Å². The molecule has 0 unspecified atom stereocenters. The summed E-state index contributed by atoms with van der Waals surface area (Å²) in [5.41, 5.74) is 25.5. The van der Waals surface area contributed by atoms with Gasteiger partial charge >= 0.3 is 0 Å². The lowest BCUT2D eigenvalue weighted by molar-refractivity contribution is 0.591. The summed E-state index contributed by atoms with van der Waals surface area (Å²) in [6, 6.07) is 89.3. The minimum Gasteiger partial charge on any atom is -0.310 e. The van der Waals surface area contributed by atoms with Crippen molar-refractivity contribution >= 4 is 66.7 Å². The zero-order valence-electron chi connectivity index (χ0n) is 47.4. The first-order valence-electron chi connectivity index (χ1n) is 29.0. The van der Waals surface area contributed by atoms with E-state index in [1.807, 2.05) is 12.1 Å². The van der Waals surface area contributed by atoms with Gasteiger partial charge in [0.15, 0.2) is 17.5 Å². The smallest absolute Gasteiger partial charge is 0.252 e. The van der Waals surface area contributed by atoms with E-state index in [1.54, 1.807) is 0 Å². The van der Waals surface area contributed by atoms with Crippen LogP contribution in [0.3, 0.4) is 0 Å². The quantitative estimate of drug-likeness (QED) is 0.149. The molecule has 14 aromatic rings. The van der Waals surface area contributed by atoms with E-state index in [0.29, 0.717) is 17.5 Å². The van der Waals surface area contributed by atoms with Crippen LogP contribution >= 0.6 is 0 Å². The Morgan fingerprint density at radius 1 is 0.313 bits per heavy atom. The van der Waals surface area contributed by atoms with Crippen molar-refractivity contribution in [2.45, 2.75) is 52.4 Å². The summed E-state index contributed by atoms with van der Waals surface area (Å²) in [5, 5.41) is 4.99. The van der Waals surface area contributed by atoms with Gasteiger partial charge in [-0.15, -0.1) is 0 Å². The predicted octanol–water partition coefficient (Wildman–Crippen LogP) is 17.5. The second kappa shape index (κ2) is 18.3. The molecule has 0 spiro atoms. The highest BCUT2D eigenvalue weighted by molar-refractivity contribution is 7.00. The van der Waals surface area contributed by atoms with Crippen molar-refractivity contribution in [3.8, 4) is 90.0 Å². The first-order valence-corrected chi connectivity index (χ1v) is 29.0. The highest BCUT2D eigenvalue weighted by Gasteiger charge is 2.43. The van der Waals surface area contributed by atoms with E-state index in [2.05, 4.69) is 281 Å². The molecular weight excluding hydrogens is 1010 g/mol. The van der Waals surface area contributed by atoms with Crippen LogP contribution in [-0.2, 0) is 10.8 Å². The number of nitrogens with zero attached hydrogens (tertiary/aromatic N) is 5. The van der Waals surface area contributed by atoms with Gasteiger partial charge in [-0.1, -0.05) is 236 Å². The Labute approximate surface area is 484 Å². The maximum atomic E-state index is 5.50. The van der Waals surface area contributed by atoms with Crippen LogP contribution in [-0.4, -0.2) is 30.8 Å². The fourth-order valence-electron chi connectivity index (χ4n) is 13.5. The average Bonchev–Trinajstić information content (AvgIpc) is 1.78. The molecule has 2 aliphatic heterocycles. The minimum atomic E-state index is -0.168. The first-order chi connectivity index (χ1) is 40.4. The highest BCUT2D eigenvalue weighted by Crippen LogP contribution is 2.48. The molecule has 16 rings (SSSR count). The number of hydrogen-bond donors (Lipinski definition) is 0. The van der Waals surface area contributed by atoms with Crippen molar-refractivity contribution < 1.29 is 0 Å². The topological polar surface area (TPSA) is 48.5 Å². The zero-order chi connectivity index (χ0) is 55.9. The second-order valence-corrected chi connectivity index (χ2v) is 24.8. The van der Waals surface area contributed by atoms with Crippen LogP contribution in [0.2, 0.25) is 0 Å². The average molecular weight is 1060 g/mol. The molecule has 5 heterocycles. The Morgan fingerprint density at radius 3 is 0.988 bits per heavy atom. The fraction of sp³-hybridized carbons (Fsp3) is 0.104. The Morgan fingerprint density at radius 2 is 0.639 bits per heavy atom. The number of benzene rings is 11. The largest absolute Gasteiger partial charge is 0.310 e. The third-order valence-corrected chi connectivity index (χ3v) is 17.6. The molecule has 0 N–H and O–H groups in total. The third-order valence-electron chi connectivity index (χ3n) is 17.6. The Bertz CT molecular complexity index is 4630. The Hall–Kier alpha value is -9.91. The number of fused-ring (bicyclic) bond motifs is 10. The van der Waals surface area contributed by atoms with Crippen molar-refractivity contribution in [3.63, 3.8) is 0 Å². The standard InChI is InChI=1S/C77H58BN5/c1-76(2,3)56-43-60-68-58(49-29-17-9-18-30-49)37-53(47-25-13-7-14-26-47)39-64(68)82-66-41-55(75-80-73(51-33-21-11-22-34-51)79-74(81-75)52-35-23-12-24-36-52)42-67-70(66)78(62(45-56)71(60)82)63-46-57(77(4,5)6)44-61-69-59(50-31-19-10-20-32-50)38-54(48-27-15-8-16-28-48)40-65(69)83(67)72(61)63/h7-46H,1-6H3. The summed E-state index contributed by atoms with van der Waals surface area (Å²) in [4.78, 5) is 16.2. The maximum Gasteiger partial charge on any atom is 0.252 e. The van der Waals surface area contributed by atoms with Gasteiger partial charge in [0.1, 0.15) is 0 Å². The molecule has 83 heavy (non-hydrogen) atoms. The molecular formula is C77H58BN5. The van der Waals surface area contributed by atoms with Crippen LogP contribution in [0.1, 0.15) is 52.7 Å². The Kier molecular flexibility index (Phi) is 10.8. The first kappa shape index (κ1) is 49.0.